The fraction of sp³-hybridized carbons (Fsp3) is 0.500. The summed E-state index contributed by atoms with van der Waals surface area (Å²) in [7, 11) is 0. The first-order chi connectivity index (χ1) is 11.5. The van der Waals surface area contributed by atoms with Gasteiger partial charge in [-0.1, -0.05) is 37.1 Å². The topological polar surface area (TPSA) is 12.4 Å². The van der Waals surface area contributed by atoms with Crippen LogP contribution in [0.15, 0.2) is 41.4 Å². The van der Waals surface area contributed by atoms with Crippen molar-refractivity contribution in [3.63, 3.8) is 0 Å². The van der Waals surface area contributed by atoms with Crippen LogP contribution in [-0.2, 0) is 0 Å². The average molecular weight is 327 g/mol. The van der Waals surface area contributed by atoms with Gasteiger partial charge in [0, 0.05) is 17.8 Å². The van der Waals surface area contributed by atoms with Gasteiger partial charge in [-0.25, -0.2) is 4.39 Å². The lowest BCUT2D eigenvalue weighted by atomic mass is 9.99. The number of benzene rings is 1. The van der Waals surface area contributed by atoms with E-state index < -0.39 is 0 Å². The molecule has 1 aromatic carbocycles. The number of hydrogen-bond acceptors (Lipinski definition) is 1. The molecule has 0 spiro atoms. The number of allylic oxidation sites excluding steroid dienone is 3. The molecule has 0 heterocycles. The number of halogens is 1. The Hall–Kier alpha value is -1.70. The van der Waals surface area contributed by atoms with E-state index in [1.54, 1.807) is 6.07 Å². The van der Waals surface area contributed by atoms with E-state index in [1.165, 1.54) is 24.8 Å². The Balaban J connectivity index is 1.98. The molecule has 0 saturated heterocycles. The van der Waals surface area contributed by atoms with Crippen molar-refractivity contribution in [2.75, 3.05) is 6.54 Å². The van der Waals surface area contributed by atoms with Gasteiger partial charge < -0.3 is 0 Å². The first-order valence-corrected chi connectivity index (χ1v) is 9.14. The molecule has 1 saturated carbocycles. The van der Waals surface area contributed by atoms with Crippen LogP contribution in [-0.4, -0.2) is 12.3 Å². The molecule has 1 aromatic rings. The van der Waals surface area contributed by atoms with E-state index in [9.17, 15) is 4.39 Å². The molecule has 0 aliphatic heterocycles. The zero-order chi connectivity index (χ0) is 17.5. The molecule has 0 aromatic heterocycles. The number of rotatable bonds is 9. The van der Waals surface area contributed by atoms with Crippen molar-refractivity contribution < 1.29 is 4.39 Å². The predicted molar refractivity (Wildman–Crippen MR) is 103 cm³/mol. The SMILES string of the molecule is C=C(CCC(/C=C(\C)c1ccc(C)cc1F)=NCC)CCC1CC1. The Bertz CT molecular complexity index is 635. The van der Waals surface area contributed by atoms with Crippen molar-refractivity contribution >= 4 is 11.3 Å². The van der Waals surface area contributed by atoms with Crippen LogP contribution in [0.5, 0.6) is 0 Å². The summed E-state index contributed by atoms with van der Waals surface area (Å²) in [5, 5.41) is 0. The highest BCUT2D eigenvalue weighted by Gasteiger charge is 2.20. The maximum Gasteiger partial charge on any atom is 0.130 e. The van der Waals surface area contributed by atoms with Gasteiger partial charge in [0.25, 0.3) is 0 Å². The molecule has 0 atom stereocenters. The van der Waals surface area contributed by atoms with Gasteiger partial charge in [0.05, 0.1) is 0 Å². The van der Waals surface area contributed by atoms with E-state index >= 15 is 0 Å². The van der Waals surface area contributed by atoms with Crippen LogP contribution in [0, 0.1) is 18.7 Å². The summed E-state index contributed by atoms with van der Waals surface area (Å²) in [5.74, 6) is 0.797. The molecule has 24 heavy (non-hydrogen) atoms. The largest absolute Gasteiger partial charge is 0.290 e. The summed E-state index contributed by atoms with van der Waals surface area (Å²) in [5.41, 5.74) is 4.90. The standard InChI is InChI=1S/C22H30FN/c1-5-24-20(12-7-16(2)6-9-19-10-11-19)15-18(4)21-13-8-17(3)14-22(21)23/h8,13-15,19H,2,5-7,9-12H2,1,3-4H3/b18-15+,24-20?. The van der Waals surface area contributed by atoms with E-state index in [0.29, 0.717) is 5.56 Å². The second-order valence-electron chi connectivity index (χ2n) is 7.01. The summed E-state index contributed by atoms with van der Waals surface area (Å²) in [6.45, 7) is 10.9. The van der Waals surface area contributed by atoms with E-state index in [0.717, 1.165) is 48.6 Å². The maximum atomic E-state index is 14.1. The smallest absolute Gasteiger partial charge is 0.130 e. The molecule has 0 N–H and O–H groups in total. The third-order valence-electron chi connectivity index (χ3n) is 4.63. The van der Waals surface area contributed by atoms with Crippen molar-refractivity contribution in [2.45, 2.75) is 59.3 Å². The fourth-order valence-corrected chi connectivity index (χ4v) is 2.91. The minimum absolute atomic E-state index is 0.159. The Kier molecular flexibility index (Phi) is 6.96. The number of hydrogen-bond donors (Lipinski definition) is 0. The molecule has 1 aliphatic carbocycles. The molecule has 1 fully saturated rings. The van der Waals surface area contributed by atoms with E-state index in [-0.39, 0.29) is 5.82 Å². The van der Waals surface area contributed by atoms with Crippen molar-refractivity contribution in [2.24, 2.45) is 10.9 Å². The quantitative estimate of drug-likeness (QED) is 0.361. The number of aryl methyl sites for hydroxylation is 1. The van der Waals surface area contributed by atoms with Crippen LogP contribution in [0.2, 0.25) is 0 Å². The zero-order valence-electron chi connectivity index (χ0n) is 15.4. The van der Waals surface area contributed by atoms with Crippen LogP contribution >= 0.6 is 0 Å². The van der Waals surface area contributed by atoms with Crippen molar-refractivity contribution in [1.82, 2.24) is 0 Å². The molecule has 2 heteroatoms. The minimum Gasteiger partial charge on any atom is -0.290 e. The van der Waals surface area contributed by atoms with Gasteiger partial charge in [0.1, 0.15) is 5.82 Å². The minimum atomic E-state index is -0.159. The summed E-state index contributed by atoms with van der Waals surface area (Å²) in [4.78, 5) is 4.59. The molecular weight excluding hydrogens is 297 g/mol. The number of nitrogens with zero attached hydrogens (tertiary/aromatic N) is 1. The zero-order valence-corrected chi connectivity index (χ0v) is 15.4. The Morgan fingerprint density at radius 2 is 2.04 bits per heavy atom. The van der Waals surface area contributed by atoms with Gasteiger partial charge in [-0.2, -0.15) is 0 Å². The Labute approximate surface area is 146 Å². The van der Waals surface area contributed by atoms with Gasteiger partial charge in [-0.15, -0.1) is 0 Å². The third kappa shape index (κ3) is 6.07. The van der Waals surface area contributed by atoms with Crippen LogP contribution in [0.4, 0.5) is 4.39 Å². The second-order valence-corrected chi connectivity index (χ2v) is 7.01. The highest BCUT2D eigenvalue weighted by Crippen LogP contribution is 2.34. The second kappa shape index (κ2) is 8.96. The van der Waals surface area contributed by atoms with Gasteiger partial charge >= 0.3 is 0 Å². The lowest BCUT2D eigenvalue weighted by Crippen LogP contribution is -1.99. The molecule has 0 radical (unpaired) electrons. The molecule has 0 unspecified atom stereocenters. The van der Waals surface area contributed by atoms with Gasteiger partial charge in [0.2, 0.25) is 0 Å². The van der Waals surface area contributed by atoms with Gasteiger partial charge in [-0.05, 0) is 75.7 Å². The summed E-state index contributed by atoms with van der Waals surface area (Å²) in [6.07, 6.45) is 9.14. The van der Waals surface area contributed by atoms with Crippen LogP contribution in [0.25, 0.3) is 5.57 Å². The first-order valence-electron chi connectivity index (χ1n) is 9.14. The van der Waals surface area contributed by atoms with Crippen molar-refractivity contribution in [1.29, 1.82) is 0 Å². The fourth-order valence-electron chi connectivity index (χ4n) is 2.91. The monoisotopic (exact) mass is 327 g/mol. The van der Waals surface area contributed by atoms with Crippen LogP contribution in [0.1, 0.15) is 63.5 Å². The molecule has 1 nitrogen and oxygen atoms in total. The average Bonchev–Trinajstić information content (AvgIpc) is 3.35. The lowest BCUT2D eigenvalue weighted by Gasteiger charge is -2.09. The van der Waals surface area contributed by atoms with Crippen LogP contribution < -0.4 is 0 Å². The van der Waals surface area contributed by atoms with Crippen LogP contribution in [0.3, 0.4) is 0 Å². The van der Waals surface area contributed by atoms with E-state index in [2.05, 4.69) is 11.6 Å². The molecule has 0 bridgehead atoms. The predicted octanol–water partition coefficient (Wildman–Crippen LogP) is 6.52. The lowest BCUT2D eigenvalue weighted by molar-refractivity contribution is 0.623. The summed E-state index contributed by atoms with van der Waals surface area (Å²) in [6, 6.07) is 5.39. The molecule has 1 aliphatic rings. The van der Waals surface area contributed by atoms with E-state index in [4.69, 9.17) is 0 Å². The Morgan fingerprint density at radius 1 is 1.29 bits per heavy atom. The Morgan fingerprint density at radius 3 is 2.67 bits per heavy atom. The number of aliphatic imine (C=N–C) groups is 1. The van der Waals surface area contributed by atoms with Crippen molar-refractivity contribution in [3.8, 4) is 0 Å². The maximum absolute atomic E-state index is 14.1. The highest BCUT2D eigenvalue weighted by atomic mass is 19.1. The molecule has 130 valence electrons. The van der Waals surface area contributed by atoms with Crippen molar-refractivity contribution in [3.05, 3.63) is 53.4 Å². The highest BCUT2D eigenvalue weighted by molar-refractivity contribution is 6.00. The van der Waals surface area contributed by atoms with Gasteiger partial charge in [-0.3, -0.25) is 4.99 Å². The van der Waals surface area contributed by atoms with Gasteiger partial charge in [0.15, 0.2) is 0 Å². The molecule has 0 amide bonds. The summed E-state index contributed by atoms with van der Waals surface area (Å²) >= 11 is 0. The molecule has 2 rings (SSSR count). The molecular formula is C22H30FN. The van der Waals surface area contributed by atoms with E-state index in [1.807, 2.05) is 39.0 Å². The first kappa shape index (κ1) is 18.6. The third-order valence-corrected chi connectivity index (χ3v) is 4.63. The normalized spacial score (nSPS) is 15.7. The summed E-state index contributed by atoms with van der Waals surface area (Å²) < 4.78 is 14.1.